The average molecular weight is 161 g/mol. The second-order valence-electron chi connectivity index (χ2n) is 1.84. The number of halogens is 2. The largest absolute Gasteiger partial charge is 0.205 e. The summed E-state index contributed by atoms with van der Waals surface area (Å²) in [6, 6.07) is 0. The highest BCUT2D eigenvalue weighted by Gasteiger charge is 2.00. The van der Waals surface area contributed by atoms with E-state index in [1.165, 1.54) is 6.08 Å². The molecule has 0 bridgehead atoms. The molecule has 0 N–H and O–H groups in total. The van der Waals surface area contributed by atoms with Gasteiger partial charge in [0.2, 0.25) is 0 Å². The van der Waals surface area contributed by atoms with Gasteiger partial charge in [-0.05, 0) is 25.5 Å². The van der Waals surface area contributed by atoms with Gasteiger partial charge in [-0.25, -0.2) is 4.39 Å². The van der Waals surface area contributed by atoms with Gasteiger partial charge >= 0.3 is 0 Å². The first-order valence-corrected chi connectivity index (χ1v) is 3.32. The van der Waals surface area contributed by atoms with Crippen LogP contribution in [0.15, 0.2) is 35.2 Å². The van der Waals surface area contributed by atoms with Gasteiger partial charge in [0, 0.05) is 0 Å². The molecule has 0 unspecified atom stereocenters. The van der Waals surface area contributed by atoms with Crippen molar-refractivity contribution < 1.29 is 4.39 Å². The van der Waals surface area contributed by atoms with E-state index >= 15 is 0 Å². The van der Waals surface area contributed by atoms with Gasteiger partial charge < -0.3 is 0 Å². The van der Waals surface area contributed by atoms with Crippen molar-refractivity contribution in [3.05, 3.63) is 35.2 Å². The molecule has 0 saturated heterocycles. The van der Waals surface area contributed by atoms with Gasteiger partial charge in [0.05, 0.1) is 5.03 Å². The van der Waals surface area contributed by atoms with Crippen molar-refractivity contribution in [2.75, 3.05) is 0 Å². The van der Waals surface area contributed by atoms with Crippen molar-refractivity contribution in [2.45, 2.75) is 13.8 Å². The molecule has 0 aromatic rings. The van der Waals surface area contributed by atoms with Crippen LogP contribution >= 0.6 is 11.6 Å². The molecule has 0 heterocycles. The van der Waals surface area contributed by atoms with Gasteiger partial charge in [-0.2, -0.15) is 0 Å². The van der Waals surface area contributed by atoms with Gasteiger partial charge in [-0.3, -0.25) is 0 Å². The molecule has 10 heavy (non-hydrogen) atoms. The Bertz CT molecular complexity index is 189. The summed E-state index contributed by atoms with van der Waals surface area (Å²) in [5.74, 6) is -0.404. The van der Waals surface area contributed by atoms with Gasteiger partial charge in [0.1, 0.15) is 5.83 Å². The fraction of sp³-hybridized carbons (Fsp3) is 0.250. The maximum Gasteiger partial charge on any atom is 0.144 e. The van der Waals surface area contributed by atoms with Crippen LogP contribution in [0.25, 0.3) is 0 Å². The minimum Gasteiger partial charge on any atom is -0.205 e. The van der Waals surface area contributed by atoms with Crippen molar-refractivity contribution in [2.24, 2.45) is 0 Å². The van der Waals surface area contributed by atoms with Crippen molar-refractivity contribution in [1.29, 1.82) is 0 Å². The van der Waals surface area contributed by atoms with E-state index < -0.39 is 5.83 Å². The highest BCUT2D eigenvalue weighted by molar-refractivity contribution is 6.31. The molecule has 0 nitrogen and oxygen atoms in total. The predicted octanol–water partition coefficient (Wildman–Crippen LogP) is 3.56. The number of hydrogen-bond donors (Lipinski definition) is 0. The molecule has 0 atom stereocenters. The topological polar surface area (TPSA) is 0 Å². The van der Waals surface area contributed by atoms with Crippen LogP contribution in [0.2, 0.25) is 0 Å². The third-order valence-electron chi connectivity index (χ3n) is 1.17. The lowest BCUT2D eigenvalue weighted by Crippen LogP contribution is -1.78. The van der Waals surface area contributed by atoms with Gasteiger partial charge in [-0.15, -0.1) is 0 Å². The van der Waals surface area contributed by atoms with E-state index in [4.69, 9.17) is 11.6 Å². The Morgan fingerprint density at radius 2 is 2.10 bits per heavy atom. The summed E-state index contributed by atoms with van der Waals surface area (Å²) in [7, 11) is 0. The van der Waals surface area contributed by atoms with E-state index in [2.05, 4.69) is 6.58 Å². The van der Waals surface area contributed by atoms with Crippen molar-refractivity contribution >= 4 is 11.6 Å². The Kier molecular flexibility index (Phi) is 4.05. The quantitative estimate of drug-likeness (QED) is 0.542. The van der Waals surface area contributed by atoms with Crippen LogP contribution in [0.4, 0.5) is 4.39 Å². The minimum atomic E-state index is -0.404. The first-order chi connectivity index (χ1) is 4.63. The van der Waals surface area contributed by atoms with E-state index in [-0.39, 0.29) is 5.03 Å². The summed E-state index contributed by atoms with van der Waals surface area (Å²) < 4.78 is 12.8. The Morgan fingerprint density at radius 3 is 2.40 bits per heavy atom. The van der Waals surface area contributed by atoms with Crippen LogP contribution < -0.4 is 0 Å². The molecule has 0 aromatic heterocycles. The van der Waals surface area contributed by atoms with Crippen molar-refractivity contribution in [3.63, 3.8) is 0 Å². The predicted molar refractivity (Wildman–Crippen MR) is 43.6 cm³/mol. The van der Waals surface area contributed by atoms with E-state index in [1.807, 2.05) is 0 Å². The lowest BCUT2D eigenvalue weighted by atomic mass is 10.2. The third kappa shape index (κ3) is 2.36. The number of hydrogen-bond acceptors (Lipinski definition) is 0. The molecule has 2 heteroatoms. The summed E-state index contributed by atoms with van der Waals surface area (Å²) in [6.45, 7) is 6.75. The second-order valence-corrected chi connectivity index (χ2v) is 2.24. The molecular weight excluding hydrogens is 151 g/mol. The minimum absolute atomic E-state index is 0.0654. The molecule has 0 aliphatic rings. The van der Waals surface area contributed by atoms with Crippen LogP contribution in [-0.2, 0) is 0 Å². The van der Waals surface area contributed by atoms with Crippen LogP contribution in [0.3, 0.4) is 0 Å². The van der Waals surface area contributed by atoms with Crippen molar-refractivity contribution in [3.8, 4) is 0 Å². The molecular formula is C8H10ClF. The number of rotatable bonds is 2. The molecule has 0 rings (SSSR count). The molecule has 0 fully saturated rings. The molecule has 0 spiro atoms. The molecule has 0 radical (unpaired) electrons. The summed E-state index contributed by atoms with van der Waals surface area (Å²) in [4.78, 5) is 0. The van der Waals surface area contributed by atoms with Gasteiger partial charge in [0.15, 0.2) is 0 Å². The zero-order chi connectivity index (χ0) is 8.15. The van der Waals surface area contributed by atoms with E-state index in [1.54, 1.807) is 19.9 Å². The van der Waals surface area contributed by atoms with Gasteiger partial charge in [0.25, 0.3) is 0 Å². The highest BCUT2D eigenvalue weighted by atomic mass is 35.5. The summed E-state index contributed by atoms with van der Waals surface area (Å²) in [5, 5.41) is 0.0654. The zero-order valence-corrected chi connectivity index (χ0v) is 6.87. The van der Waals surface area contributed by atoms with Crippen LogP contribution in [-0.4, -0.2) is 0 Å². The summed E-state index contributed by atoms with van der Waals surface area (Å²) in [6.07, 6.45) is 2.94. The second kappa shape index (κ2) is 4.29. The lowest BCUT2D eigenvalue weighted by Gasteiger charge is -1.95. The molecule has 56 valence electrons. The fourth-order valence-electron chi connectivity index (χ4n) is 0.405. The SMILES string of the molecule is C=C/C(Cl)=C(F)\C(C)=C/C. The zero-order valence-electron chi connectivity index (χ0n) is 6.12. The molecule has 0 amide bonds. The first-order valence-electron chi connectivity index (χ1n) is 2.94. The summed E-state index contributed by atoms with van der Waals surface area (Å²) in [5.41, 5.74) is 0.532. The van der Waals surface area contributed by atoms with E-state index in [0.717, 1.165) is 0 Å². The van der Waals surface area contributed by atoms with Crippen LogP contribution in [0.1, 0.15) is 13.8 Å². The Labute approximate surface area is 65.7 Å². The molecule has 0 aliphatic heterocycles. The molecule has 0 aromatic carbocycles. The smallest absolute Gasteiger partial charge is 0.144 e. The fourth-order valence-corrected chi connectivity index (χ4v) is 0.554. The average Bonchev–Trinajstić information content (AvgIpc) is 2.00. The monoisotopic (exact) mass is 160 g/mol. The third-order valence-corrected chi connectivity index (χ3v) is 1.49. The van der Waals surface area contributed by atoms with E-state index in [9.17, 15) is 4.39 Å². The van der Waals surface area contributed by atoms with Crippen molar-refractivity contribution in [1.82, 2.24) is 0 Å². The maximum absolute atomic E-state index is 12.8. The lowest BCUT2D eigenvalue weighted by molar-refractivity contribution is 0.648. The standard InChI is InChI=1S/C8H10ClF/c1-4-6(3)8(10)7(9)5-2/h4-5H,2H2,1,3H3/b6-4-,8-7-. The Hall–Kier alpha value is -0.560. The normalized spacial score (nSPS) is 14.6. The summed E-state index contributed by atoms with van der Waals surface area (Å²) >= 11 is 5.44. The molecule has 0 aliphatic carbocycles. The van der Waals surface area contributed by atoms with Gasteiger partial charge in [-0.1, -0.05) is 24.3 Å². The molecule has 0 saturated carbocycles. The van der Waals surface area contributed by atoms with Crippen LogP contribution in [0, 0.1) is 0 Å². The van der Waals surface area contributed by atoms with E-state index in [0.29, 0.717) is 5.57 Å². The Balaban J connectivity index is 4.63. The number of allylic oxidation sites excluding steroid dienone is 5. The highest BCUT2D eigenvalue weighted by Crippen LogP contribution is 2.19. The van der Waals surface area contributed by atoms with Crippen LogP contribution in [0.5, 0.6) is 0 Å². The maximum atomic E-state index is 12.8. The first kappa shape index (κ1) is 9.44. The Morgan fingerprint density at radius 1 is 1.60 bits per heavy atom.